The molecule has 5 heteroatoms. The van der Waals surface area contributed by atoms with Crippen LogP contribution in [0.25, 0.3) is 11.3 Å². The lowest BCUT2D eigenvalue weighted by Crippen LogP contribution is -1.99. The highest BCUT2D eigenvalue weighted by Gasteiger charge is 2.14. The van der Waals surface area contributed by atoms with Gasteiger partial charge in [-0.25, -0.2) is 4.98 Å². The van der Waals surface area contributed by atoms with E-state index in [0.29, 0.717) is 5.02 Å². The minimum absolute atomic E-state index is 0.00249. The van der Waals surface area contributed by atoms with Crippen molar-refractivity contribution < 1.29 is 9.90 Å². The number of halogens is 1. The Bertz CT molecular complexity index is 607. The van der Waals surface area contributed by atoms with Gasteiger partial charge in [-0.2, -0.15) is 0 Å². The maximum Gasteiger partial charge on any atom is 0.308 e. The molecule has 2 rings (SSSR count). The molecule has 0 radical (unpaired) electrons. The number of hydrogen-bond acceptors (Lipinski definition) is 3. The van der Waals surface area contributed by atoms with E-state index in [-0.39, 0.29) is 6.42 Å². The van der Waals surface area contributed by atoms with E-state index in [4.69, 9.17) is 16.7 Å². The van der Waals surface area contributed by atoms with Crippen molar-refractivity contribution in [3.8, 4) is 11.3 Å². The molecule has 94 valence electrons. The van der Waals surface area contributed by atoms with Crippen LogP contribution < -0.4 is 0 Å². The van der Waals surface area contributed by atoms with Crippen LogP contribution >= 0.6 is 22.9 Å². The van der Waals surface area contributed by atoms with Crippen molar-refractivity contribution in [2.75, 3.05) is 0 Å². The van der Waals surface area contributed by atoms with E-state index < -0.39 is 5.97 Å². The molecule has 0 bridgehead atoms. The number of hydrogen-bond donors (Lipinski definition) is 1. The third-order valence-electron chi connectivity index (χ3n) is 2.55. The van der Waals surface area contributed by atoms with E-state index in [2.05, 4.69) is 4.98 Å². The number of aliphatic carboxylic acids is 1. The first kappa shape index (κ1) is 13.1. The van der Waals surface area contributed by atoms with Crippen molar-refractivity contribution in [3.63, 3.8) is 0 Å². The monoisotopic (exact) mass is 281 g/mol. The summed E-state index contributed by atoms with van der Waals surface area (Å²) in [6.07, 6.45) is 0.00249. The highest BCUT2D eigenvalue weighted by Crippen LogP contribution is 2.30. The molecular weight excluding hydrogens is 270 g/mol. The zero-order valence-corrected chi connectivity index (χ0v) is 11.6. The smallest absolute Gasteiger partial charge is 0.308 e. The van der Waals surface area contributed by atoms with Crippen molar-refractivity contribution in [2.24, 2.45) is 0 Å². The summed E-state index contributed by atoms with van der Waals surface area (Å²) in [5.41, 5.74) is 2.62. The molecule has 0 aliphatic heterocycles. The number of carboxylic acid groups (broad SMARTS) is 1. The average Bonchev–Trinajstić information content (AvgIpc) is 2.62. The van der Waals surface area contributed by atoms with Gasteiger partial charge in [0.2, 0.25) is 0 Å². The van der Waals surface area contributed by atoms with Crippen LogP contribution in [-0.2, 0) is 11.2 Å². The van der Waals surface area contributed by atoms with E-state index in [9.17, 15) is 4.79 Å². The number of benzene rings is 1. The number of aromatic nitrogens is 1. The van der Waals surface area contributed by atoms with E-state index >= 15 is 0 Å². The number of carbonyl (C=O) groups is 1. The lowest BCUT2D eigenvalue weighted by atomic mass is 10.1. The predicted octanol–water partition coefficient (Wildman–Crippen LogP) is 3.71. The summed E-state index contributed by atoms with van der Waals surface area (Å²) in [6, 6.07) is 5.61. The number of rotatable bonds is 3. The topological polar surface area (TPSA) is 50.2 Å². The van der Waals surface area contributed by atoms with Crippen LogP contribution in [0.5, 0.6) is 0 Å². The number of aryl methyl sites for hydroxylation is 2. The molecule has 1 N–H and O–H groups in total. The van der Waals surface area contributed by atoms with Crippen LogP contribution in [-0.4, -0.2) is 16.1 Å². The Kier molecular flexibility index (Phi) is 3.68. The zero-order valence-electron chi connectivity index (χ0n) is 10.0. The van der Waals surface area contributed by atoms with E-state index in [1.807, 2.05) is 32.0 Å². The van der Waals surface area contributed by atoms with Gasteiger partial charge in [-0.3, -0.25) is 4.79 Å². The van der Waals surface area contributed by atoms with Crippen LogP contribution in [0.1, 0.15) is 15.4 Å². The standard InChI is InChI=1S/C13H12ClNO2S/c1-7-5-9(3-4-10(7)14)13-11(6-12(16)17)18-8(2)15-13/h3-5H,6H2,1-2H3,(H,16,17). The second-order valence-electron chi connectivity index (χ2n) is 4.04. The van der Waals surface area contributed by atoms with Crippen LogP contribution in [0.15, 0.2) is 18.2 Å². The Labute approximate surface area is 114 Å². The fourth-order valence-electron chi connectivity index (χ4n) is 1.74. The predicted molar refractivity (Wildman–Crippen MR) is 73.4 cm³/mol. The van der Waals surface area contributed by atoms with Crippen LogP contribution in [0, 0.1) is 13.8 Å². The number of thiazole rings is 1. The van der Waals surface area contributed by atoms with Crippen molar-refractivity contribution >= 4 is 28.9 Å². The third kappa shape index (κ3) is 2.71. The summed E-state index contributed by atoms with van der Waals surface area (Å²) in [5, 5.41) is 10.5. The van der Waals surface area contributed by atoms with Gasteiger partial charge in [0.25, 0.3) is 0 Å². The highest BCUT2D eigenvalue weighted by atomic mass is 35.5. The van der Waals surface area contributed by atoms with Gasteiger partial charge < -0.3 is 5.11 Å². The molecule has 0 aliphatic rings. The van der Waals surface area contributed by atoms with Gasteiger partial charge in [-0.1, -0.05) is 17.7 Å². The number of nitrogens with zero attached hydrogens (tertiary/aromatic N) is 1. The van der Waals surface area contributed by atoms with Crippen LogP contribution in [0.4, 0.5) is 0 Å². The van der Waals surface area contributed by atoms with Gasteiger partial charge >= 0.3 is 5.97 Å². The molecule has 3 nitrogen and oxygen atoms in total. The Hall–Kier alpha value is -1.39. The quantitative estimate of drug-likeness (QED) is 0.933. The third-order valence-corrected chi connectivity index (χ3v) is 3.94. The summed E-state index contributed by atoms with van der Waals surface area (Å²) in [6.45, 7) is 3.80. The fraction of sp³-hybridized carbons (Fsp3) is 0.231. The van der Waals surface area contributed by atoms with E-state index in [1.54, 1.807) is 0 Å². The first-order valence-corrected chi connectivity index (χ1v) is 6.61. The van der Waals surface area contributed by atoms with E-state index in [0.717, 1.165) is 26.7 Å². The second-order valence-corrected chi connectivity index (χ2v) is 5.73. The molecule has 0 amide bonds. The molecule has 2 aromatic rings. The molecule has 0 atom stereocenters. The summed E-state index contributed by atoms with van der Waals surface area (Å²) < 4.78 is 0. The molecule has 0 spiro atoms. The fourth-order valence-corrected chi connectivity index (χ4v) is 2.81. The molecular formula is C13H12ClNO2S. The summed E-state index contributed by atoms with van der Waals surface area (Å²) in [7, 11) is 0. The second kappa shape index (κ2) is 5.08. The first-order chi connectivity index (χ1) is 8.47. The molecule has 0 unspecified atom stereocenters. The Morgan fingerprint density at radius 3 is 2.78 bits per heavy atom. The van der Waals surface area contributed by atoms with Gasteiger partial charge in [-0.15, -0.1) is 11.3 Å². The highest BCUT2D eigenvalue weighted by molar-refractivity contribution is 7.12. The van der Waals surface area contributed by atoms with Crippen molar-refractivity contribution in [3.05, 3.63) is 38.7 Å². The summed E-state index contributed by atoms with van der Waals surface area (Å²) >= 11 is 7.41. The number of carboxylic acids is 1. The van der Waals surface area contributed by atoms with Gasteiger partial charge in [0, 0.05) is 15.5 Å². The molecule has 0 aliphatic carbocycles. The minimum Gasteiger partial charge on any atom is -0.481 e. The maximum atomic E-state index is 10.8. The Morgan fingerprint density at radius 2 is 2.17 bits per heavy atom. The Balaban J connectivity index is 2.49. The Morgan fingerprint density at radius 1 is 1.44 bits per heavy atom. The largest absolute Gasteiger partial charge is 0.481 e. The van der Waals surface area contributed by atoms with Gasteiger partial charge in [0.1, 0.15) is 0 Å². The summed E-state index contributed by atoms with van der Waals surface area (Å²) in [5.74, 6) is -0.842. The van der Waals surface area contributed by atoms with Crippen molar-refractivity contribution in [2.45, 2.75) is 20.3 Å². The normalized spacial score (nSPS) is 10.6. The molecule has 1 aromatic heterocycles. The first-order valence-electron chi connectivity index (χ1n) is 5.42. The van der Waals surface area contributed by atoms with Gasteiger partial charge in [-0.05, 0) is 31.5 Å². The van der Waals surface area contributed by atoms with E-state index in [1.165, 1.54) is 11.3 Å². The van der Waals surface area contributed by atoms with Gasteiger partial charge in [0.15, 0.2) is 0 Å². The SMILES string of the molecule is Cc1nc(-c2ccc(Cl)c(C)c2)c(CC(=O)O)s1. The van der Waals surface area contributed by atoms with Crippen molar-refractivity contribution in [1.82, 2.24) is 4.98 Å². The summed E-state index contributed by atoms with van der Waals surface area (Å²) in [4.78, 5) is 16.0. The van der Waals surface area contributed by atoms with Gasteiger partial charge in [0.05, 0.1) is 17.1 Å². The molecule has 0 saturated carbocycles. The molecule has 1 heterocycles. The molecule has 1 aromatic carbocycles. The molecule has 18 heavy (non-hydrogen) atoms. The lowest BCUT2D eigenvalue weighted by Gasteiger charge is -2.03. The average molecular weight is 282 g/mol. The zero-order chi connectivity index (χ0) is 13.3. The van der Waals surface area contributed by atoms with Crippen molar-refractivity contribution in [1.29, 1.82) is 0 Å². The van der Waals surface area contributed by atoms with Crippen LogP contribution in [0.2, 0.25) is 5.02 Å². The molecule has 0 saturated heterocycles. The lowest BCUT2D eigenvalue weighted by molar-refractivity contribution is -0.136. The maximum absolute atomic E-state index is 10.8. The van der Waals surface area contributed by atoms with Crippen LogP contribution in [0.3, 0.4) is 0 Å². The minimum atomic E-state index is -0.842. The molecule has 0 fully saturated rings.